The van der Waals surface area contributed by atoms with E-state index in [1.807, 2.05) is 11.2 Å². The van der Waals surface area contributed by atoms with Crippen LogP contribution in [-0.4, -0.2) is 5.16 Å². The van der Waals surface area contributed by atoms with E-state index in [1.54, 1.807) is 6.07 Å². The van der Waals surface area contributed by atoms with E-state index in [0.29, 0.717) is 23.1 Å². The van der Waals surface area contributed by atoms with E-state index < -0.39 is 17.3 Å². The zero-order valence-corrected chi connectivity index (χ0v) is 15.7. The Kier molecular flexibility index (Phi) is 6.11. The third kappa shape index (κ3) is 4.47. The van der Waals surface area contributed by atoms with E-state index >= 15 is 0 Å². The van der Waals surface area contributed by atoms with Crippen LogP contribution in [0.4, 0.5) is 18.9 Å². The summed E-state index contributed by atoms with van der Waals surface area (Å²) in [5, 5.41) is 1.95. The van der Waals surface area contributed by atoms with E-state index in [9.17, 15) is 13.2 Å². The van der Waals surface area contributed by atoms with Gasteiger partial charge in [0.05, 0.1) is 5.16 Å². The molecule has 0 heterocycles. The molecule has 138 valence electrons. The molecule has 1 aliphatic rings. The Hall–Kier alpha value is -2.41. The summed E-state index contributed by atoms with van der Waals surface area (Å²) in [5.41, 5.74) is 1.60. The largest absolute Gasteiger partial charge is 0.206 e. The van der Waals surface area contributed by atoms with Gasteiger partial charge in [0.2, 0.25) is 0 Å². The van der Waals surface area contributed by atoms with Crippen molar-refractivity contribution < 1.29 is 13.2 Å². The van der Waals surface area contributed by atoms with Gasteiger partial charge in [-0.1, -0.05) is 31.3 Å². The predicted octanol–water partition coefficient (Wildman–Crippen LogP) is 6.46. The number of unbranched alkanes of at least 4 members (excludes halogenated alkanes) is 1. The second kappa shape index (κ2) is 8.52. The number of thiocarbonyl (C=S) groups is 1. The molecule has 1 fully saturated rings. The topological polar surface area (TPSA) is 12.4 Å². The number of hydrogen-bond acceptors (Lipinski definition) is 2. The maximum absolute atomic E-state index is 14.9. The third-order valence-corrected chi connectivity index (χ3v) is 4.65. The molecular weight excluding hydrogens is 367 g/mol. The molecule has 5 heteroatoms. The Morgan fingerprint density at radius 3 is 2.41 bits per heavy atom. The molecule has 0 N–H and O–H groups in total. The summed E-state index contributed by atoms with van der Waals surface area (Å²) in [4.78, 5) is 3.37. The lowest BCUT2D eigenvalue weighted by molar-refractivity contribution is 0.586. The number of rotatable bonds is 5. The molecule has 27 heavy (non-hydrogen) atoms. The normalized spacial score (nSPS) is 12.9. The van der Waals surface area contributed by atoms with Gasteiger partial charge in [0, 0.05) is 16.7 Å². The van der Waals surface area contributed by atoms with Crippen LogP contribution in [-0.2, 0) is 6.42 Å². The maximum Gasteiger partial charge on any atom is 0.153 e. The summed E-state index contributed by atoms with van der Waals surface area (Å²) >= 11 is 4.38. The van der Waals surface area contributed by atoms with Crippen molar-refractivity contribution in [2.75, 3.05) is 0 Å². The van der Waals surface area contributed by atoms with Crippen molar-refractivity contribution in [3.8, 4) is 11.8 Å². The number of benzene rings is 2. The molecule has 0 atom stereocenters. The molecule has 0 unspecified atom stereocenters. The molecule has 3 rings (SSSR count). The summed E-state index contributed by atoms with van der Waals surface area (Å²) in [5.74, 6) is 3.91. The SMILES string of the molecule is CCCCc1ccc(C#Cc2cc(F)c(N=C=S)c(F)c2)c(C2CC2)c1F. The van der Waals surface area contributed by atoms with Crippen molar-refractivity contribution in [2.45, 2.75) is 44.9 Å². The van der Waals surface area contributed by atoms with E-state index in [0.717, 1.165) is 37.8 Å². The van der Waals surface area contributed by atoms with Gasteiger partial charge in [0.15, 0.2) is 11.6 Å². The molecule has 1 saturated carbocycles. The van der Waals surface area contributed by atoms with Gasteiger partial charge in [-0.25, -0.2) is 13.2 Å². The van der Waals surface area contributed by atoms with E-state index in [-0.39, 0.29) is 17.3 Å². The van der Waals surface area contributed by atoms with Crippen molar-refractivity contribution in [3.05, 3.63) is 64.0 Å². The molecule has 0 aliphatic heterocycles. The quantitative estimate of drug-likeness (QED) is 0.327. The first-order valence-electron chi connectivity index (χ1n) is 8.95. The molecular formula is C22H18F3NS. The Morgan fingerprint density at radius 1 is 1.11 bits per heavy atom. The van der Waals surface area contributed by atoms with Crippen molar-refractivity contribution in [2.24, 2.45) is 4.99 Å². The molecule has 1 nitrogen and oxygen atoms in total. The second-order valence-electron chi connectivity index (χ2n) is 6.62. The molecule has 0 spiro atoms. The van der Waals surface area contributed by atoms with Crippen LogP contribution in [0.25, 0.3) is 0 Å². The van der Waals surface area contributed by atoms with Gasteiger partial charge in [-0.15, -0.1) is 0 Å². The number of aryl methyl sites for hydroxylation is 1. The van der Waals surface area contributed by atoms with Crippen molar-refractivity contribution in [3.63, 3.8) is 0 Å². The Morgan fingerprint density at radius 2 is 1.81 bits per heavy atom. The van der Waals surface area contributed by atoms with Crippen molar-refractivity contribution in [1.82, 2.24) is 0 Å². The standard InChI is InChI=1S/C22H18F3NS/c1-2-3-4-17-10-9-15(20(21(17)25)16-7-8-16)6-5-14-11-18(23)22(26-13-27)19(24)12-14/h9-12,16H,2-4,7-8H2,1H3. The highest BCUT2D eigenvalue weighted by atomic mass is 32.1. The molecule has 0 saturated heterocycles. The van der Waals surface area contributed by atoms with Crippen LogP contribution < -0.4 is 0 Å². The molecule has 0 bridgehead atoms. The maximum atomic E-state index is 14.9. The minimum absolute atomic E-state index is 0.158. The summed E-state index contributed by atoms with van der Waals surface area (Å²) in [7, 11) is 0. The van der Waals surface area contributed by atoms with Gasteiger partial charge in [0.1, 0.15) is 11.5 Å². The van der Waals surface area contributed by atoms with Gasteiger partial charge in [-0.3, -0.25) is 0 Å². The van der Waals surface area contributed by atoms with Crippen LogP contribution >= 0.6 is 12.2 Å². The number of nitrogens with zero attached hydrogens (tertiary/aromatic N) is 1. The zero-order valence-electron chi connectivity index (χ0n) is 14.9. The van der Waals surface area contributed by atoms with Gasteiger partial charge >= 0.3 is 0 Å². The third-order valence-electron chi connectivity index (χ3n) is 4.56. The molecule has 2 aromatic carbocycles. The van der Waals surface area contributed by atoms with Crippen LogP contribution in [0.1, 0.15) is 60.8 Å². The van der Waals surface area contributed by atoms with Gasteiger partial charge in [0.25, 0.3) is 0 Å². The fourth-order valence-electron chi connectivity index (χ4n) is 3.01. The van der Waals surface area contributed by atoms with Crippen molar-refractivity contribution >= 4 is 23.1 Å². The Bertz CT molecular complexity index is 954. The smallest absolute Gasteiger partial charge is 0.153 e. The summed E-state index contributed by atoms with van der Waals surface area (Å²) in [6.45, 7) is 2.07. The summed E-state index contributed by atoms with van der Waals surface area (Å²) < 4.78 is 42.8. The highest BCUT2D eigenvalue weighted by Crippen LogP contribution is 2.43. The highest BCUT2D eigenvalue weighted by Gasteiger charge is 2.29. The second-order valence-corrected chi connectivity index (χ2v) is 6.80. The Labute approximate surface area is 162 Å². The first-order chi connectivity index (χ1) is 13.0. The fourth-order valence-corrected chi connectivity index (χ4v) is 3.10. The molecule has 0 amide bonds. The van der Waals surface area contributed by atoms with Gasteiger partial charge < -0.3 is 0 Å². The Balaban J connectivity index is 1.97. The van der Waals surface area contributed by atoms with Gasteiger partial charge in [-0.2, -0.15) is 4.99 Å². The first kappa shape index (κ1) is 19.4. The average Bonchev–Trinajstić information content (AvgIpc) is 3.47. The van der Waals surface area contributed by atoms with E-state index in [4.69, 9.17) is 0 Å². The van der Waals surface area contributed by atoms with Crippen LogP contribution in [0.5, 0.6) is 0 Å². The number of isothiocyanates is 1. The fraction of sp³-hybridized carbons (Fsp3) is 0.318. The monoisotopic (exact) mass is 385 g/mol. The van der Waals surface area contributed by atoms with Crippen LogP contribution in [0, 0.1) is 29.3 Å². The highest BCUT2D eigenvalue weighted by molar-refractivity contribution is 7.78. The minimum Gasteiger partial charge on any atom is -0.206 e. The lowest BCUT2D eigenvalue weighted by Crippen LogP contribution is -1.99. The van der Waals surface area contributed by atoms with Crippen LogP contribution in [0.3, 0.4) is 0 Å². The van der Waals surface area contributed by atoms with Crippen molar-refractivity contribution in [1.29, 1.82) is 0 Å². The van der Waals surface area contributed by atoms with Crippen LogP contribution in [0.15, 0.2) is 29.3 Å². The summed E-state index contributed by atoms with van der Waals surface area (Å²) in [6, 6.07) is 5.75. The molecule has 0 aromatic heterocycles. The molecule has 0 radical (unpaired) electrons. The minimum atomic E-state index is -0.861. The molecule has 1 aliphatic carbocycles. The van der Waals surface area contributed by atoms with Gasteiger partial charge in [-0.05, 0) is 67.6 Å². The van der Waals surface area contributed by atoms with Crippen LogP contribution in [0.2, 0.25) is 0 Å². The lowest BCUT2D eigenvalue weighted by Gasteiger charge is -2.10. The lowest BCUT2D eigenvalue weighted by atomic mass is 9.96. The zero-order chi connectivity index (χ0) is 19.4. The number of halogens is 3. The predicted molar refractivity (Wildman–Crippen MR) is 104 cm³/mol. The first-order valence-corrected chi connectivity index (χ1v) is 9.36. The number of hydrogen-bond donors (Lipinski definition) is 0. The average molecular weight is 385 g/mol. The molecule has 2 aromatic rings. The summed E-state index contributed by atoms with van der Waals surface area (Å²) in [6.07, 6.45) is 4.52. The number of aliphatic imine (C=N–C) groups is 1. The van der Waals surface area contributed by atoms with E-state index in [1.165, 1.54) is 0 Å². The van der Waals surface area contributed by atoms with E-state index in [2.05, 4.69) is 36.0 Å².